The van der Waals surface area contributed by atoms with E-state index < -0.39 is 12.2 Å². The average molecular weight is 292 g/mol. The molecule has 0 saturated carbocycles. The van der Waals surface area contributed by atoms with Crippen molar-refractivity contribution in [2.24, 2.45) is 0 Å². The highest BCUT2D eigenvalue weighted by atomic mass is 35.5. The Balaban J connectivity index is 2.41. The van der Waals surface area contributed by atoms with Crippen molar-refractivity contribution in [1.82, 2.24) is 5.32 Å². The first kappa shape index (κ1) is 14.2. The Hall–Kier alpha value is -1.20. The van der Waals surface area contributed by atoms with Crippen LogP contribution in [0.3, 0.4) is 0 Å². The largest absolute Gasteiger partial charge is 0.457 e. The number of furan rings is 1. The Morgan fingerprint density at radius 1 is 1.37 bits per heavy atom. The van der Waals surface area contributed by atoms with E-state index in [-0.39, 0.29) is 17.9 Å². The number of hydrogen-bond donors (Lipinski definition) is 1. The summed E-state index contributed by atoms with van der Waals surface area (Å²) in [6, 6.07) is 4.49. The molecule has 1 aromatic carbocycles. The van der Waals surface area contributed by atoms with E-state index in [4.69, 9.17) is 16.0 Å². The van der Waals surface area contributed by atoms with Gasteiger partial charge in [0, 0.05) is 5.39 Å². The molecule has 0 aliphatic carbocycles. The van der Waals surface area contributed by atoms with Gasteiger partial charge in [0.25, 0.3) is 0 Å². The second kappa shape index (κ2) is 5.43. The van der Waals surface area contributed by atoms with Crippen molar-refractivity contribution in [3.05, 3.63) is 35.0 Å². The molecule has 1 atom stereocenters. The number of hydrogen-bond acceptors (Lipinski definition) is 2. The van der Waals surface area contributed by atoms with Crippen LogP contribution in [0.25, 0.3) is 11.0 Å². The highest BCUT2D eigenvalue weighted by Gasteiger charge is 2.42. The van der Waals surface area contributed by atoms with Gasteiger partial charge in [-0.05, 0) is 25.1 Å². The van der Waals surface area contributed by atoms with E-state index in [2.05, 4.69) is 5.32 Å². The third-order valence-electron chi connectivity index (χ3n) is 2.73. The van der Waals surface area contributed by atoms with Crippen molar-refractivity contribution < 1.29 is 17.6 Å². The topological polar surface area (TPSA) is 25.2 Å². The fourth-order valence-corrected chi connectivity index (χ4v) is 2.08. The van der Waals surface area contributed by atoms with Crippen molar-refractivity contribution in [3.63, 3.8) is 0 Å². The van der Waals surface area contributed by atoms with Crippen LogP contribution in [0.15, 0.2) is 28.7 Å². The maximum absolute atomic E-state index is 13.0. The van der Waals surface area contributed by atoms with Crippen LogP contribution < -0.4 is 5.32 Å². The molecule has 104 valence electrons. The molecular formula is C13H13ClF3NO. The monoisotopic (exact) mass is 291 g/mol. The Morgan fingerprint density at radius 3 is 2.68 bits per heavy atom. The fourth-order valence-electron chi connectivity index (χ4n) is 1.86. The Bertz CT molecular complexity index is 565. The summed E-state index contributed by atoms with van der Waals surface area (Å²) < 4.78 is 44.3. The number of nitrogens with one attached hydrogen (secondary N) is 1. The number of rotatable bonds is 4. The SMILES string of the molecule is CCCNC(c1cc2cccc(Cl)c2o1)C(F)(F)F. The van der Waals surface area contributed by atoms with Gasteiger partial charge in [-0.3, -0.25) is 5.32 Å². The van der Waals surface area contributed by atoms with Gasteiger partial charge in [0.2, 0.25) is 0 Å². The first-order valence-corrected chi connectivity index (χ1v) is 6.29. The van der Waals surface area contributed by atoms with E-state index in [9.17, 15) is 13.2 Å². The van der Waals surface area contributed by atoms with E-state index in [0.717, 1.165) is 0 Å². The summed E-state index contributed by atoms with van der Waals surface area (Å²) >= 11 is 5.90. The first-order valence-electron chi connectivity index (χ1n) is 5.91. The standard InChI is InChI=1S/C13H13ClF3NO/c1-2-6-18-12(13(15,16)17)10-7-8-4-3-5-9(14)11(8)19-10/h3-5,7,12,18H,2,6H2,1H3. The van der Waals surface area contributed by atoms with Crippen LogP contribution in [0, 0.1) is 0 Å². The first-order chi connectivity index (χ1) is 8.93. The minimum absolute atomic E-state index is 0.163. The third kappa shape index (κ3) is 3.04. The minimum Gasteiger partial charge on any atom is -0.457 e. The third-order valence-corrected chi connectivity index (χ3v) is 3.02. The van der Waals surface area contributed by atoms with Crippen LogP contribution in [0.5, 0.6) is 0 Å². The summed E-state index contributed by atoms with van der Waals surface area (Å²) in [4.78, 5) is 0. The lowest BCUT2D eigenvalue weighted by molar-refractivity contribution is -0.161. The van der Waals surface area contributed by atoms with Gasteiger partial charge in [-0.25, -0.2) is 0 Å². The van der Waals surface area contributed by atoms with Gasteiger partial charge >= 0.3 is 6.18 Å². The number of halogens is 4. The molecule has 0 amide bonds. The summed E-state index contributed by atoms with van der Waals surface area (Å²) in [6.07, 6.45) is -3.80. The predicted octanol–water partition coefficient (Wildman–Crippen LogP) is 4.69. The lowest BCUT2D eigenvalue weighted by Gasteiger charge is -2.19. The lowest BCUT2D eigenvalue weighted by atomic mass is 10.2. The summed E-state index contributed by atoms with van der Waals surface area (Å²) in [6.45, 7) is 2.06. The van der Waals surface area contributed by atoms with E-state index in [1.807, 2.05) is 0 Å². The van der Waals surface area contributed by atoms with Gasteiger partial charge in [0.15, 0.2) is 11.6 Å². The van der Waals surface area contributed by atoms with Gasteiger partial charge in [0.05, 0.1) is 5.02 Å². The van der Waals surface area contributed by atoms with Crippen molar-refractivity contribution >= 4 is 22.6 Å². The van der Waals surface area contributed by atoms with Gasteiger partial charge in [-0.1, -0.05) is 30.7 Å². The van der Waals surface area contributed by atoms with Crippen molar-refractivity contribution in [2.75, 3.05) is 6.54 Å². The van der Waals surface area contributed by atoms with Gasteiger partial charge < -0.3 is 4.42 Å². The van der Waals surface area contributed by atoms with E-state index in [1.165, 1.54) is 6.07 Å². The highest BCUT2D eigenvalue weighted by molar-refractivity contribution is 6.34. The maximum Gasteiger partial charge on any atom is 0.410 e. The zero-order chi connectivity index (χ0) is 14.0. The van der Waals surface area contributed by atoms with E-state index in [1.54, 1.807) is 25.1 Å². The molecule has 0 saturated heterocycles. The Morgan fingerprint density at radius 2 is 2.11 bits per heavy atom. The van der Waals surface area contributed by atoms with Crippen LogP contribution in [0.1, 0.15) is 25.1 Å². The average Bonchev–Trinajstić information content (AvgIpc) is 2.73. The summed E-state index contributed by atoms with van der Waals surface area (Å²) in [5.41, 5.74) is 0.284. The fraction of sp³-hybridized carbons (Fsp3) is 0.385. The van der Waals surface area contributed by atoms with Crippen LogP contribution in [-0.4, -0.2) is 12.7 Å². The molecular weight excluding hydrogens is 279 g/mol. The molecule has 0 spiro atoms. The zero-order valence-corrected chi connectivity index (χ0v) is 11.0. The molecule has 6 heteroatoms. The highest BCUT2D eigenvalue weighted by Crippen LogP contribution is 2.37. The summed E-state index contributed by atoms with van der Waals surface area (Å²) in [5.74, 6) is -0.163. The predicted molar refractivity (Wildman–Crippen MR) is 68.3 cm³/mol. The van der Waals surface area contributed by atoms with Gasteiger partial charge in [0.1, 0.15) is 5.76 Å². The maximum atomic E-state index is 13.0. The molecule has 1 N–H and O–H groups in total. The molecule has 2 aromatic rings. The molecule has 0 bridgehead atoms. The number of alkyl halides is 3. The second-order valence-corrected chi connectivity index (χ2v) is 4.64. The molecule has 0 aliphatic rings. The molecule has 0 fully saturated rings. The lowest BCUT2D eigenvalue weighted by Crippen LogP contribution is -2.34. The molecule has 2 nitrogen and oxygen atoms in total. The molecule has 0 radical (unpaired) electrons. The van der Waals surface area contributed by atoms with Crippen molar-refractivity contribution in [1.29, 1.82) is 0 Å². The summed E-state index contributed by atoms with van der Waals surface area (Å²) in [7, 11) is 0. The normalized spacial score (nSPS) is 13.9. The van der Waals surface area contributed by atoms with Crippen LogP contribution in [-0.2, 0) is 0 Å². The zero-order valence-electron chi connectivity index (χ0n) is 10.2. The smallest absolute Gasteiger partial charge is 0.410 e. The van der Waals surface area contributed by atoms with Crippen LogP contribution in [0.2, 0.25) is 5.02 Å². The molecule has 19 heavy (non-hydrogen) atoms. The number of fused-ring (bicyclic) bond motifs is 1. The van der Waals surface area contributed by atoms with Gasteiger partial charge in [-0.2, -0.15) is 13.2 Å². The van der Waals surface area contributed by atoms with Crippen molar-refractivity contribution in [2.45, 2.75) is 25.6 Å². The Labute approximate surface area is 113 Å². The quantitative estimate of drug-likeness (QED) is 0.884. The van der Waals surface area contributed by atoms with E-state index >= 15 is 0 Å². The van der Waals surface area contributed by atoms with Gasteiger partial charge in [-0.15, -0.1) is 0 Å². The molecule has 2 rings (SSSR count). The molecule has 1 heterocycles. The number of para-hydroxylation sites is 1. The molecule has 0 aliphatic heterocycles. The minimum atomic E-state index is -4.41. The number of benzene rings is 1. The second-order valence-electron chi connectivity index (χ2n) is 4.24. The van der Waals surface area contributed by atoms with E-state index in [0.29, 0.717) is 16.8 Å². The van der Waals surface area contributed by atoms with Crippen LogP contribution >= 0.6 is 11.6 Å². The van der Waals surface area contributed by atoms with Crippen LogP contribution in [0.4, 0.5) is 13.2 Å². The molecule has 1 unspecified atom stereocenters. The summed E-state index contributed by atoms with van der Waals surface area (Å²) in [5, 5.41) is 3.31. The molecule has 1 aromatic heterocycles. The van der Waals surface area contributed by atoms with Crippen molar-refractivity contribution in [3.8, 4) is 0 Å². The Kier molecular flexibility index (Phi) is 4.06.